The zero-order valence-electron chi connectivity index (χ0n) is 14.5. The second kappa shape index (κ2) is 7.94. The Hall–Kier alpha value is -2.66. The summed E-state index contributed by atoms with van der Waals surface area (Å²) in [7, 11) is 6.33. The van der Waals surface area contributed by atoms with E-state index >= 15 is 0 Å². The molecule has 1 aromatic heterocycles. The average Bonchev–Trinajstić information content (AvgIpc) is 2.65. The van der Waals surface area contributed by atoms with Crippen molar-refractivity contribution in [1.82, 2.24) is 0 Å². The van der Waals surface area contributed by atoms with Crippen LogP contribution in [0.5, 0.6) is 23.0 Å². The van der Waals surface area contributed by atoms with Crippen molar-refractivity contribution in [2.75, 3.05) is 28.4 Å². The van der Waals surface area contributed by atoms with Crippen molar-refractivity contribution in [3.63, 3.8) is 0 Å². The van der Waals surface area contributed by atoms with Crippen molar-refractivity contribution in [1.29, 1.82) is 0 Å². The first-order chi connectivity index (χ1) is 11.7. The minimum atomic E-state index is 0. The third-order valence-electron chi connectivity index (χ3n) is 3.80. The molecule has 3 aromatic rings. The van der Waals surface area contributed by atoms with Crippen molar-refractivity contribution >= 4 is 11.0 Å². The van der Waals surface area contributed by atoms with E-state index in [1.165, 1.54) is 0 Å². The molecule has 1 heterocycles. The molecular formula is C19H19ClO5. The van der Waals surface area contributed by atoms with Crippen molar-refractivity contribution in [3.8, 4) is 34.3 Å². The lowest BCUT2D eigenvalue weighted by atomic mass is 10.1. The van der Waals surface area contributed by atoms with E-state index in [2.05, 4.69) is 0 Å². The van der Waals surface area contributed by atoms with Crippen molar-refractivity contribution in [2.24, 2.45) is 0 Å². The van der Waals surface area contributed by atoms with Crippen LogP contribution in [0.4, 0.5) is 0 Å². The van der Waals surface area contributed by atoms with Gasteiger partial charge in [0.1, 0.15) is 0 Å². The number of hydrogen-bond acceptors (Lipinski definition) is 4. The normalized spacial score (nSPS) is 10.1. The highest BCUT2D eigenvalue weighted by Crippen LogP contribution is 2.49. The highest BCUT2D eigenvalue weighted by atomic mass is 35.5. The second-order valence-corrected chi connectivity index (χ2v) is 5.04. The molecule has 0 fully saturated rings. The van der Waals surface area contributed by atoms with E-state index < -0.39 is 0 Å². The van der Waals surface area contributed by atoms with Gasteiger partial charge in [0.15, 0.2) is 22.6 Å². The molecule has 0 aliphatic heterocycles. The van der Waals surface area contributed by atoms with Gasteiger partial charge in [0.25, 0.3) is 5.75 Å². The Morgan fingerprint density at radius 3 is 1.88 bits per heavy atom. The predicted molar refractivity (Wildman–Crippen MR) is 92.3 cm³/mol. The minimum Gasteiger partial charge on any atom is -1.00 e. The predicted octanol–water partition coefficient (Wildman–Crippen LogP) is 1.42. The van der Waals surface area contributed by atoms with Gasteiger partial charge in [-0.1, -0.05) is 18.2 Å². The van der Waals surface area contributed by atoms with Crippen LogP contribution < -0.4 is 31.4 Å². The van der Waals surface area contributed by atoms with Gasteiger partial charge in [-0.05, 0) is 18.2 Å². The molecule has 132 valence electrons. The molecule has 2 aromatic carbocycles. The van der Waals surface area contributed by atoms with Crippen molar-refractivity contribution < 1.29 is 35.8 Å². The smallest absolute Gasteiger partial charge is 0.406 e. The Morgan fingerprint density at radius 1 is 0.680 bits per heavy atom. The summed E-state index contributed by atoms with van der Waals surface area (Å²) >= 11 is 0. The first kappa shape index (κ1) is 18.7. The molecule has 0 unspecified atom stereocenters. The quantitative estimate of drug-likeness (QED) is 0.642. The van der Waals surface area contributed by atoms with Gasteiger partial charge < -0.3 is 31.4 Å². The number of hydrogen-bond donors (Lipinski definition) is 0. The highest BCUT2D eigenvalue weighted by molar-refractivity contribution is 5.96. The van der Waals surface area contributed by atoms with Crippen LogP contribution in [0, 0.1) is 0 Å². The molecule has 0 atom stereocenters. The van der Waals surface area contributed by atoms with Gasteiger partial charge >= 0.3 is 11.3 Å². The van der Waals surface area contributed by atoms with Crippen LogP contribution in [-0.2, 0) is 0 Å². The molecule has 0 amide bonds. The maximum Gasteiger partial charge on any atom is 0.406 e. The first-order valence-electron chi connectivity index (χ1n) is 7.43. The summed E-state index contributed by atoms with van der Waals surface area (Å²) in [5.41, 5.74) is 1.51. The summed E-state index contributed by atoms with van der Waals surface area (Å²) in [6, 6.07) is 13.4. The zero-order valence-corrected chi connectivity index (χ0v) is 15.2. The minimum absolute atomic E-state index is 0. The lowest BCUT2D eigenvalue weighted by molar-refractivity contribution is -0.00000625. The Bertz CT molecular complexity index is 865. The Kier molecular flexibility index (Phi) is 5.93. The van der Waals surface area contributed by atoms with Gasteiger partial charge in [-0.15, -0.1) is 0 Å². The average molecular weight is 363 g/mol. The largest absolute Gasteiger partial charge is 1.00 e. The lowest BCUT2D eigenvalue weighted by Gasteiger charge is -2.12. The van der Waals surface area contributed by atoms with Crippen LogP contribution in [0.25, 0.3) is 22.3 Å². The summed E-state index contributed by atoms with van der Waals surface area (Å²) in [5.74, 6) is 2.76. The van der Waals surface area contributed by atoms with Crippen LogP contribution >= 0.6 is 0 Å². The van der Waals surface area contributed by atoms with E-state index in [1.807, 2.05) is 36.4 Å². The van der Waals surface area contributed by atoms with Gasteiger partial charge in [-0.3, -0.25) is 0 Å². The summed E-state index contributed by atoms with van der Waals surface area (Å²) in [4.78, 5) is 0. The maximum absolute atomic E-state index is 6.11. The molecule has 0 aliphatic carbocycles. The molecule has 3 rings (SSSR count). The number of ether oxygens (including phenoxy) is 4. The van der Waals surface area contributed by atoms with Crippen molar-refractivity contribution in [2.45, 2.75) is 0 Å². The molecule has 5 nitrogen and oxygen atoms in total. The van der Waals surface area contributed by atoms with Crippen LogP contribution in [0.3, 0.4) is 0 Å². The molecular weight excluding hydrogens is 344 g/mol. The number of methoxy groups -OCH3 is 4. The standard InChI is InChI=1S/C19H19O5.ClH/c1-20-14-11-10-13-15(17(14)21-2)18(22-3)19(23-4)16(24-13)12-8-6-5-7-9-12;/h5-11H,1-4H3;1H/q+1;/p-1. The van der Waals surface area contributed by atoms with E-state index in [1.54, 1.807) is 34.5 Å². The molecule has 0 N–H and O–H groups in total. The molecule has 0 bridgehead atoms. The summed E-state index contributed by atoms with van der Waals surface area (Å²) in [6.07, 6.45) is 0. The van der Waals surface area contributed by atoms with Gasteiger partial charge in [-0.2, -0.15) is 0 Å². The van der Waals surface area contributed by atoms with Crippen molar-refractivity contribution in [3.05, 3.63) is 42.5 Å². The van der Waals surface area contributed by atoms with E-state index in [4.69, 9.17) is 23.4 Å². The molecule has 0 saturated carbocycles. The van der Waals surface area contributed by atoms with Gasteiger partial charge in [-0.25, -0.2) is 4.42 Å². The SMILES string of the molecule is COc1ccc2[o+]c(-c3ccccc3)c(OC)c(OC)c2c1OC.[Cl-]. The number of fused-ring (bicyclic) bond motifs is 1. The Labute approximate surface area is 152 Å². The molecule has 0 spiro atoms. The number of halogens is 1. The van der Waals surface area contributed by atoms with Gasteiger partial charge in [0.2, 0.25) is 0 Å². The van der Waals surface area contributed by atoms with E-state index in [0.717, 1.165) is 5.56 Å². The van der Waals surface area contributed by atoms with Crippen LogP contribution in [0.15, 0.2) is 46.9 Å². The van der Waals surface area contributed by atoms with Crippen LogP contribution in [0.1, 0.15) is 0 Å². The zero-order chi connectivity index (χ0) is 17.1. The molecule has 6 heteroatoms. The fraction of sp³-hybridized carbons (Fsp3) is 0.211. The fourth-order valence-electron chi connectivity index (χ4n) is 2.74. The van der Waals surface area contributed by atoms with E-state index in [9.17, 15) is 0 Å². The topological polar surface area (TPSA) is 48.2 Å². The monoisotopic (exact) mass is 362 g/mol. The van der Waals surface area contributed by atoms with Crippen LogP contribution in [-0.4, -0.2) is 28.4 Å². The summed E-state index contributed by atoms with van der Waals surface area (Å²) in [6.45, 7) is 0. The van der Waals surface area contributed by atoms with Gasteiger partial charge in [0.05, 0.1) is 34.0 Å². The molecule has 0 saturated heterocycles. The first-order valence-corrected chi connectivity index (χ1v) is 7.43. The molecule has 0 radical (unpaired) electrons. The molecule has 25 heavy (non-hydrogen) atoms. The van der Waals surface area contributed by atoms with E-state index in [0.29, 0.717) is 39.7 Å². The number of benzene rings is 2. The Balaban J connectivity index is 0.00000225. The van der Waals surface area contributed by atoms with Gasteiger partial charge in [0, 0.05) is 6.07 Å². The second-order valence-electron chi connectivity index (χ2n) is 5.04. The Morgan fingerprint density at radius 2 is 1.32 bits per heavy atom. The fourth-order valence-corrected chi connectivity index (χ4v) is 2.74. The lowest BCUT2D eigenvalue weighted by Crippen LogP contribution is -3.00. The van der Waals surface area contributed by atoms with Crippen LogP contribution in [0.2, 0.25) is 0 Å². The maximum atomic E-state index is 6.11. The third-order valence-corrected chi connectivity index (χ3v) is 3.80. The summed E-state index contributed by atoms with van der Waals surface area (Å²) in [5, 5.41) is 0.663. The summed E-state index contributed by atoms with van der Waals surface area (Å²) < 4.78 is 28.2. The third kappa shape index (κ3) is 3.15. The number of rotatable bonds is 5. The molecule has 0 aliphatic rings. The van der Waals surface area contributed by atoms with E-state index in [-0.39, 0.29) is 12.4 Å². The highest BCUT2D eigenvalue weighted by Gasteiger charge is 2.32.